The summed E-state index contributed by atoms with van der Waals surface area (Å²) < 4.78 is 0. The Labute approximate surface area is 135 Å². The predicted molar refractivity (Wildman–Crippen MR) is 91.9 cm³/mol. The van der Waals surface area contributed by atoms with Crippen molar-refractivity contribution in [2.75, 3.05) is 0 Å². The Morgan fingerprint density at radius 2 is 1.57 bits per heavy atom. The van der Waals surface area contributed by atoms with E-state index in [1.165, 1.54) is 0 Å². The second kappa shape index (κ2) is 6.63. The highest BCUT2D eigenvalue weighted by Crippen LogP contribution is 2.24. The van der Waals surface area contributed by atoms with E-state index in [0.29, 0.717) is 5.56 Å². The predicted octanol–water partition coefficient (Wildman–Crippen LogP) is 3.75. The number of hydrogen-bond acceptors (Lipinski definition) is 2. The third kappa shape index (κ3) is 3.25. The maximum absolute atomic E-state index is 12.3. The molecule has 3 aromatic carbocycles. The van der Waals surface area contributed by atoms with Gasteiger partial charge in [-0.25, -0.2) is 0 Å². The molecule has 23 heavy (non-hydrogen) atoms. The maximum atomic E-state index is 12.3. The fraction of sp³-hybridized carbons (Fsp3) is 0.150. The van der Waals surface area contributed by atoms with Crippen molar-refractivity contribution in [1.29, 1.82) is 0 Å². The normalized spacial score (nSPS) is 13.5. The Kier molecular flexibility index (Phi) is 4.40. The molecule has 0 bridgehead atoms. The molecule has 0 aromatic heterocycles. The zero-order valence-corrected chi connectivity index (χ0v) is 12.9. The number of hydrogen-bond donors (Lipinski definition) is 2. The average molecular weight is 305 g/mol. The number of benzene rings is 3. The topological polar surface area (TPSA) is 49.3 Å². The molecule has 0 radical (unpaired) electrons. The van der Waals surface area contributed by atoms with Crippen LogP contribution in [0.5, 0.6) is 0 Å². The van der Waals surface area contributed by atoms with Crippen molar-refractivity contribution in [3.8, 4) is 0 Å². The number of amides is 1. The minimum atomic E-state index is -1.16. The molecular formula is C20H19NO2. The highest BCUT2D eigenvalue weighted by Gasteiger charge is 2.20. The summed E-state index contributed by atoms with van der Waals surface area (Å²) >= 11 is 0. The molecular weight excluding hydrogens is 286 g/mol. The fourth-order valence-corrected chi connectivity index (χ4v) is 2.78. The van der Waals surface area contributed by atoms with Gasteiger partial charge in [-0.05, 0) is 28.8 Å². The molecule has 116 valence electrons. The van der Waals surface area contributed by atoms with E-state index < -0.39 is 12.0 Å². The van der Waals surface area contributed by atoms with Crippen molar-refractivity contribution in [3.05, 3.63) is 83.9 Å². The van der Waals surface area contributed by atoms with E-state index >= 15 is 0 Å². The molecule has 3 aromatic rings. The lowest BCUT2D eigenvalue weighted by atomic mass is 9.99. The SMILES string of the molecule is C[C@@H](NC(=O)[C@H](O)c1ccccc1)c1cccc2ccccc12. The second-order valence-corrected chi connectivity index (χ2v) is 5.61. The van der Waals surface area contributed by atoms with Crippen LogP contribution in [0, 0.1) is 0 Å². The van der Waals surface area contributed by atoms with Gasteiger partial charge in [0.05, 0.1) is 6.04 Å². The zero-order chi connectivity index (χ0) is 16.2. The van der Waals surface area contributed by atoms with Crippen LogP contribution in [-0.4, -0.2) is 11.0 Å². The molecule has 0 aliphatic heterocycles. The van der Waals surface area contributed by atoms with Gasteiger partial charge in [0.2, 0.25) is 0 Å². The third-order valence-electron chi connectivity index (χ3n) is 4.01. The first kappa shape index (κ1) is 15.3. The number of nitrogens with one attached hydrogen (secondary N) is 1. The molecule has 3 heteroatoms. The summed E-state index contributed by atoms with van der Waals surface area (Å²) in [5, 5.41) is 15.3. The van der Waals surface area contributed by atoms with Gasteiger partial charge >= 0.3 is 0 Å². The van der Waals surface area contributed by atoms with E-state index in [4.69, 9.17) is 0 Å². The van der Waals surface area contributed by atoms with Crippen LogP contribution in [0.25, 0.3) is 10.8 Å². The van der Waals surface area contributed by atoms with E-state index in [0.717, 1.165) is 16.3 Å². The molecule has 0 fully saturated rings. The quantitative estimate of drug-likeness (QED) is 0.771. The van der Waals surface area contributed by atoms with Gasteiger partial charge in [-0.1, -0.05) is 72.8 Å². The Bertz CT molecular complexity index is 809. The van der Waals surface area contributed by atoms with Crippen molar-refractivity contribution in [1.82, 2.24) is 5.32 Å². The number of aliphatic hydroxyl groups is 1. The number of carbonyl (C=O) groups is 1. The summed E-state index contributed by atoms with van der Waals surface area (Å²) in [6, 6.07) is 22.9. The number of aliphatic hydroxyl groups excluding tert-OH is 1. The van der Waals surface area contributed by atoms with Crippen LogP contribution in [0.4, 0.5) is 0 Å². The Hall–Kier alpha value is -2.65. The van der Waals surface area contributed by atoms with Crippen LogP contribution in [0.3, 0.4) is 0 Å². The van der Waals surface area contributed by atoms with E-state index in [2.05, 4.69) is 5.32 Å². The molecule has 0 spiro atoms. The van der Waals surface area contributed by atoms with E-state index in [-0.39, 0.29) is 6.04 Å². The van der Waals surface area contributed by atoms with Crippen molar-refractivity contribution < 1.29 is 9.90 Å². The molecule has 3 nitrogen and oxygen atoms in total. The molecule has 1 amide bonds. The van der Waals surface area contributed by atoms with Gasteiger partial charge in [-0.15, -0.1) is 0 Å². The summed E-state index contributed by atoms with van der Waals surface area (Å²) in [5.41, 5.74) is 1.63. The third-order valence-corrected chi connectivity index (χ3v) is 4.01. The Balaban J connectivity index is 1.81. The molecule has 3 rings (SSSR count). The summed E-state index contributed by atoms with van der Waals surface area (Å²) in [7, 11) is 0. The van der Waals surface area contributed by atoms with Crippen molar-refractivity contribution in [2.24, 2.45) is 0 Å². The first-order chi connectivity index (χ1) is 11.2. The monoisotopic (exact) mass is 305 g/mol. The molecule has 0 saturated carbocycles. The molecule has 2 N–H and O–H groups in total. The lowest BCUT2D eigenvalue weighted by Gasteiger charge is -2.19. The molecule has 0 aliphatic rings. The first-order valence-electron chi connectivity index (χ1n) is 7.68. The van der Waals surface area contributed by atoms with Crippen LogP contribution in [0.1, 0.15) is 30.2 Å². The van der Waals surface area contributed by atoms with E-state index in [1.807, 2.05) is 55.5 Å². The standard InChI is InChI=1S/C20H19NO2/c1-14(17-13-7-11-15-8-5-6-12-18(15)17)21-20(23)19(22)16-9-3-2-4-10-16/h2-14,19,22H,1H3,(H,21,23)/t14-,19-/m1/s1. The van der Waals surface area contributed by atoms with E-state index in [9.17, 15) is 9.90 Å². The van der Waals surface area contributed by atoms with E-state index in [1.54, 1.807) is 24.3 Å². The molecule has 2 atom stereocenters. The lowest BCUT2D eigenvalue weighted by Crippen LogP contribution is -2.31. The fourth-order valence-electron chi connectivity index (χ4n) is 2.78. The van der Waals surface area contributed by atoms with Gasteiger partial charge in [0.25, 0.3) is 5.91 Å². The molecule has 0 aliphatic carbocycles. The Morgan fingerprint density at radius 3 is 2.35 bits per heavy atom. The van der Waals surface area contributed by atoms with Crippen LogP contribution >= 0.6 is 0 Å². The van der Waals surface area contributed by atoms with Crippen LogP contribution < -0.4 is 5.32 Å². The van der Waals surface area contributed by atoms with Gasteiger partial charge in [0.1, 0.15) is 0 Å². The summed E-state index contributed by atoms with van der Waals surface area (Å²) in [5.74, 6) is -0.392. The Morgan fingerprint density at radius 1 is 0.913 bits per heavy atom. The smallest absolute Gasteiger partial charge is 0.253 e. The van der Waals surface area contributed by atoms with Crippen molar-refractivity contribution in [3.63, 3.8) is 0 Å². The maximum Gasteiger partial charge on any atom is 0.253 e. The molecule has 0 heterocycles. The first-order valence-corrected chi connectivity index (χ1v) is 7.68. The number of rotatable bonds is 4. The minimum absolute atomic E-state index is 0.188. The second-order valence-electron chi connectivity index (χ2n) is 5.61. The van der Waals surface area contributed by atoms with Crippen molar-refractivity contribution in [2.45, 2.75) is 19.1 Å². The summed E-state index contributed by atoms with van der Waals surface area (Å²) in [6.45, 7) is 1.93. The summed E-state index contributed by atoms with van der Waals surface area (Å²) in [4.78, 5) is 12.3. The number of carbonyl (C=O) groups excluding carboxylic acids is 1. The summed E-state index contributed by atoms with van der Waals surface area (Å²) in [6.07, 6.45) is -1.16. The van der Waals surface area contributed by atoms with Crippen LogP contribution in [-0.2, 0) is 4.79 Å². The highest BCUT2D eigenvalue weighted by atomic mass is 16.3. The average Bonchev–Trinajstić information content (AvgIpc) is 2.61. The van der Waals surface area contributed by atoms with Gasteiger partial charge in [0, 0.05) is 0 Å². The molecule has 0 saturated heterocycles. The molecule has 0 unspecified atom stereocenters. The van der Waals surface area contributed by atoms with Gasteiger partial charge in [0.15, 0.2) is 6.10 Å². The van der Waals surface area contributed by atoms with Crippen LogP contribution in [0.15, 0.2) is 72.8 Å². The van der Waals surface area contributed by atoms with Gasteiger partial charge in [-0.3, -0.25) is 4.79 Å². The minimum Gasteiger partial charge on any atom is -0.378 e. The van der Waals surface area contributed by atoms with Crippen molar-refractivity contribution >= 4 is 16.7 Å². The largest absolute Gasteiger partial charge is 0.378 e. The van der Waals surface area contributed by atoms with Gasteiger partial charge < -0.3 is 10.4 Å². The van der Waals surface area contributed by atoms with Gasteiger partial charge in [-0.2, -0.15) is 0 Å². The van der Waals surface area contributed by atoms with Crippen LogP contribution in [0.2, 0.25) is 0 Å². The zero-order valence-electron chi connectivity index (χ0n) is 12.9. The lowest BCUT2D eigenvalue weighted by molar-refractivity contribution is -0.130. The highest BCUT2D eigenvalue weighted by molar-refractivity contribution is 5.87. The number of fused-ring (bicyclic) bond motifs is 1.